The number of nitrogens with one attached hydrogen (secondary N) is 2. The lowest BCUT2D eigenvalue weighted by Crippen LogP contribution is -2.53. The number of anilines is 1. The maximum atomic E-state index is 13.7. The first-order valence-corrected chi connectivity index (χ1v) is 11.2. The predicted octanol–water partition coefficient (Wildman–Crippen LogP) is 1.49. The fourth-order valence-electron chi connectivity index (χ4n) is 5.55. The van der Waals surface area contributed by atoms with E-state index in [1.54, 1.807) is 12.1 Å². The maximum Gasteiger partial charge on any atom is 0.250 e. The molecule has 0 aliphatic carbocycles. The molecule has 4 N–H and O–H groups in total. The lowest BCUT2D eigenvalue weighted by molar-refractivity contribution is -0.142. The number of nitrogens with zero attached hydrogens (tertiary/aromatic N) is 1. The molecule has 4 amide bonds. The van der Waals surface area contributed by atoms with Gasteiger partial charge in [-0.15, -0.1) is 0 Å². The second-order valence-electron chi connectivity index (χ2n) is 8.92. The highest BCUT2D eigenvalue weighted by Crippen LogP contribution is 2.54. The van der Waals surface area contributed by atoms with E-state index in [-0.39, 0.29) is 13.0 Å². The van der Waals surface area contributed by atoms with Crippen LogP contribution in [0.15, 0.2) is 42.5 Å². The molecule has 1 spiro atoms. The Balaban J connectivity index is 1.57. The van der Waals surface area contributed by atoms with Gasteiger partial charge in [0.25, 0.3) is 0 Å². The predicted molar refractivity (Wildman–Crippen MR) is 121 cm³/mol. The van der Waals surface area contributed by atoms with Crippen LogP contribution < -0.4 is 16.4 Å². The molecule has 5 rings (SSSR count). The fourth-order valence-corrected chi connectivity index (χ4v) is 5.87. The average Bonchev–Trinajstić information content (AvgIpc) is 3.33. The highest BCUT2D eigenvalue weighted by Gasteiger charge is 2.70. The number of likely N-dealkylation sites (tertiary alicyclic amines) is 1. The van der Waals surface area contributed by atoms with Crippen molar-refractivity contribution in [2.75, 3.05) is 11.9 Å². The van der Waals surface area contributed by atoms with Crippen molar-refractivity contribution in [3.63, 3.8) is 0 Å². The highest BCUT2D eigenvalue weighted by molar-refractivity contribution is 6.35. The van der Waals surface area contributed by atoms with Crippen molar-refractivity contribution >= 4 is 40.9 Å². The number of primary amides is 1. The Hall–Kier alpha value is -3.23. The number of rotatable bonds is 5. The molecule has 0 radical (unpaired) electrons. The van der Waals surface area contributed by atoms with Crippen LogP contribution in [0.3, 0.4) is 0 Å². The van der Waals surface area contributed by atoms with Crippen molar-refractivity contribution < 1.29 is 19.2 Å². The average molecular weight is 467 g/mol. The summed E-state index contributed by atoms with van der Waals surface area (Å²) in [6.07, 6.45) is 0.322. The number of aryl methyl sites for hydroxylation is 1. The van der Waals surface area contributed by atoms with Crippen molar-refractivity contribution in [1.29, 1.82) is 0 Å². The van der Waals surface area contributed by atoms with Crippen molar-refractivity contribution in [3.05, 3.63) is 64.2 Å². The second-order valence-corrected chi connectivity index (χ2v) is 9.33. The monoisotopic (exact) mass is 466 g/mol. The summed E-state index contributed by atoms with van der Waals surface area (Å²) < 4.78 is 0. The van der Waals surface area contributed by atoms with Crippen LogP contribution in [0.25, 0.3) is 0 Å². The molecule has 2 fully saturated rings. The number of carbonyl (C=O) groups is 4. The van der Waals surface area contributed by atoms with E-state index in [0.29, 0.717) is 22.7 Å². The maximum absolute atomic E-state index is 13.7. The Morgan fingerprint density at radius 2 is 1.88 bits per heavy atom. The van der Waals surface area contributed by atoms with Gasteiger partial charge in [0.2, 0.25) is 23.6 Å². The van der Waals surface area contributed by atoms with Crippen LogP contribution in [-0.4, -0.2) is 41.1 Å². The number of amides is 4. The summed E-state index contributed by atoms with van der Waals surface area (Å²) in [5.74, 6) is -3.77. The van der Waals surface area contributed by atoms with Gasteiger partial charge in [0.15, 0.2) is 0 Å². The van der Waals surface area contributed by atoms with E-state index in [4.69, 9.17) is 17.3 Å². The summed E-state index contributed by atoms with van der Waals surface area (Å²) in [4.78, 5) is 53.6. The minimum Gasteiger partial charge on any atom is -0.370 e. The van der Waals surface area contributed by atoms with Crippen molar-refractivity contribution in [1.82, 2.24) is 10.2 Å². The summed E-state index contributed by atoms with van der Waals surface area (Å²) in [7, 11) is 0. The van der Waals surface area contributed by atoms with Crippen LogP contribution in [0.1, 0.15) is 23.1 Å². The van der Waals surface area contributed by atoms with E-state index in [1.165, 1.54) is 4.90 Å². The van der Waals surface area contributed by atoms with Gasteiger partial charge in [0, 0.05) is 24.6 Å². The number of imide groups is 1. The van der Waals surface area contributed by atoms with Crippen LogP contribution in [0.5, 0.6) is 0 Å². The molecule has 2 aromatic carbocycles. The SMILES string of the molecule is Cc1cc(Cl)c2c(c1)[C@@]1(N[C@H](CC(N)=O)[C@H]3C(=O)N(CCc4ccccc4)C(=O)[C@H]31)C(=O)N2. The first-order chi connectivity index (χ1) is 15.7. The number of benzene rings is 2. The zero-order chi connectivity index (χ0) is 23.5. The Bertz CT molecular complexity index is 1200. The van der Waals surface area contributed by atoms with Gasteiger partial charge in [0.1, 0.15) is 5.54 Å². The third-order valence-electron chi connectivity index (χ3n) is 6.90. The largest absolute Gasteiger partial charge is 0.370 e. The molecule has 0 aromatic heterocycles. The molecular weight excluding hydrogens is 444 g/mol. The fraction of sp³-hybridized carbons (Fsp3) is 0.333. The summed E-state index contributed by atoms with van der Waals surface area (Å²) >= 11 is 6.40. The third kappa shape index (κ3) is 3.16. The summed E-state index contributed by atoms with van der Waals surface area (Å²) in [6.45, 7) is 2.03. The van der Waals surface area contributed by atoms with Gasteiger partial charge in [-0.2, -0.15) is 0 Å². The van der Waals surface area contributed by atoms with E-state index in [9.17, 15) is 19.2 Å². The van der Waals surface area contributed by atoms with E-state index in [2.05, 4.69) is 10.6 Å². The molecule has 33 heavy (non-hydrogen) atoms. The van der Waals surface area contributed by atoms with Crippen LogP contribution in [0.4, 0.5) is 5.69 Å². The van der Waals surface area contributed by atoms with Crippen LogP contribution in [0.2, 0.25) is 5.02 Å². The van der Waals surface area contributed by atoms with Crippen LogP contribution in [-0.2, 0) is 31.1 Å². The minimum atomic E-state index is -1.50. The summed E-state index contributed by atoms with van der Waals surface area (Å²) in [5, 5.41) is 6.32. The first kappa shape index (κ1) is 21.6. The third-order valence-corrected chi connectivity index (χ3v) is 7.20. The molecule has 170 valence electrons. The minimum absolute atomic E-state index is 0.170. The summed E-state index contributed by atoms with van der Waals surface area (Å²) in [6, 6.07) is 12.3. The molecule has 3 aliphatic heterocycles. The van der Waals surface area contributed by atoms with Crippen molar-refractivity contribution in [2.45, 2.75) is 31.3 Å². The molecule has 9 heteroatoms. The lowest BCUT2D eigenvalue weighted by Gasteiger charge is -2.29. The molecule has 8 nitrogen and oxygen atoms in total. The molecule has 3 aliphatic rings. The van der Waals surface area contributed by atoms with Gasteiger partial charge in [0.05, 0.1) is 22.5 Å². The van der Waals surface area contributed by atoms with Gasteiger partial charge < -0.3 is 11.1 Å². The molecule has 4 atom stereocenters. The Morgan fingerprint density at radius 3 is 2.58 bits per heavy atom. The Morgan fingerprint density at radius 1 is 1.15 bits per heavy atom. The Labute approximate surface area is 195 Å². The zero-order valence-electron chi connectivity index (χ0n) is 17.9. The lowest BCUT2D eigenvalue weighted by atomic mass is 9.76. The topological polar surface area (TPSA) is 122 Å². The normalized spacial score (nSPS) is 27.8. The second kappa shape index (κ2) is 7.67. The standard InChI is InChI=1S/C24H23ClN4O4/c1-12-9-14-20(15(25)10-12)27-23(33)24(14)19-18(16(28-24)11-17(26)30)21(31)29(22(19)32)8-7-13-5-3-2-4-6-13/h2-6,9-10,16,18-19,28H,7-8,11H2,1H3,(H2,26,30)(H,27,33)/t16-,18-,19+,24+/m1/s1. The smallest absolute Gasteiger partial charge is 0.250 e. The van der Waals surface area contributed by atoms with Gasteiger partial charge >= 0.3 is 0 Å². The molecule has 2 aromatic rings. The molecule has 0 bridgehead atoms. The van der Waals surface area contributed by atoms with Gasteiger partial charge in [-0.3, -0.25) is 29.4 Å². The number of fused-ring (bicyclic) bond motifs is 4. The number of halogens is 1. The highest BCUT2D eigenvalue weighted by atomic mass is 35.5. The van der Waals surface area contributed by atoms with Gasteiger partial charge in [-0.1, -0.05) is 48.0 Å². The van der Waals surface area contributed by atoms with E-state index < -0.39 is 47.0 Å². The van der Waals surface area contributed by atoms with Crippen molar-refractivity contribution in [2.24, 2.45) is 17.6 Å². The molecule has 2 saturated heterocycles. The van der Waals surface area contributed by atoms with E-state index in [1.807, 2.05) is 37.3 Å². The van der Waals surface area contributed by atoms with Gasteiger partial charge in [-0.25, -0.2) is 0 Å². The van der Waals surface area contributed by atoms with Gasteiger partial charge in [-0.05, 0) is 30.5 Å². The van der Waals surface area contributed by atoms with Crippen LogP contribution in [0, 0.1) is 18.8 Å². The van der Waals surface area contributed by atoms with Crippen molar-refractivity contribution in [3.8, 4) is 0 Å². The van der Waals surface area contributed by atoms with E-state index >= 15 is 0 Å². The van der Waals surface area contributed by atoms with Crippen LogP contribution >= 0.6 is 11.6 Å². The Kier molecular flexibility index (Phi) is 5.02. The molecule has 0 unspecified atom stereocenters. The number of nitrogens with two attached hydrogens (primary N) is 1. The molecular formula is C24H23ClN4O4. The molecule has 3 heterocycles. The zero-order valence-corrected chi connectivity index (χ0v) is 18.7. The number of hydrogen-bond acceptors (Lipinski definition) is 5. The summed E-state index contributed by atoms with van der Waals surface area (Å²) in [5.41, 5.74) is 6.70. The quantitative estimate of drug-likeness (QED) is 0.576. The number of carbonyl (C=O) groups excluding carboxylic acids is 4. The molecule has 0 saturated carbocycles. The first-order valence-electron chi connectivity index (χ1n) is 10.8. The number of hydrogen-bond donors (Lipinski definition) is 3. The van der Waals surface area contributed by atoms with E-state index in [0.717, 1.165) is 11.1 Å².